The van der Waals surface area contributed by atoms with Gasteiger partial charge in [-0.15, -0.1) is 5.10 Å². The van der Waals surface area contributed by atoms with Crippen LogP contribution in [0.3, 0.4) is 0 Å². The molecule has 4 N–H and O–H groups in total. The molecule has 0 radical (unpaired) electrons. The number of carboxylic acid groups (broad SMARTS) is 3. The molecular weight excluding hydrogens is 523 g/mol. The minimum Gasteiger partial charge on any atom is -0.481 e. The lowest BCUT2D eigenvalue weighted by atomic mass is 9.93. The summed E-state index contributed by atoms with van der Waals surface area (Å²) in [5.41, 5.74) is 0.253. The molecule has 1 saturated heterocycles. The highest BCUT2D eigenvalue weighted by Gasteiger charge is 2.40. The van der Waals surface area contributed by atoms with E-state index in [1.807, 2.05) is 25.1 Å². The lowest BCUT2D eigenvalue weighted by Gasteiger charge is -2.32. The number of nitrogens with zero attached hydrogens (tertiary/aromatic N) is 4. The van der Waals surface area contributed by atoms with E-state index in [9.17, 15) is 18.8 Å². The van der Waals surface area contributed by atoms with Crippen molar-refractivity contribution < 1.29 is 43.7 Å². The van der Waals surface area contributed by atoms with Crippen LogP contribution in [-0.4, -0.2) is 76.7 Å². The van der Waals surface area contributed by atoms with Gasteiger partial charge in [0.05, 0.1) is 24.2 Å². The highest BCUT2D eigenvalue weighted by Crippen LogP contribution is 2.35. The van der Waals surface area contributed by atoms with Gasteiger partial charge in [0, 0.05) is 25.1 Å². The normalized spacial score (nSPS) is 15.9. The molecule has 0 amide bonds. The summed E-state index contributed by atoms with van der Waals surface area (Å²) < 4.78 is 22.6. The zero-order valence-corrected chi connectivity index (χ0v) is 21.2. The van der Waals surface area contributed by atoms with Crippen molar-refractivity contribution in [3.05, 3.63) is 53.1 Å². The van der Waals surface area contributed by atoms with Crippen LogP contribution in [-0.2, 0) is 20.9 Å². The first-order valence-corrected chi connectivity index (χ1v) is 12.4. The lowest BCUT2D eigenvalue weighted by molar-refractivity contribution is -0.170. The Morgan fingerprint density at radius 1 is 1.16 bits per heavy atom. The largest absolute Gasteiger partial charge is 0.481 e. The molecular formula is C24H27FN4O8S. The summed E-state index contributed by atoms with van der Waals surface area (Å²) in [6, 6.07) is 8.67. The summed E-state index contributed by atoms with van der Waals surface area (Å²) >= 11 is 1.36. The number of aryl methyl sites for hydroxylation is 1. The zero-order valence-electron chi connectivity index (χ0n) is 20.4. The van der Waals surface area contributed by atoms with E-state index in [-0.39, 0.29) is 5.82 Å². The van der Waals surface area contributed by atoms with Crippen molar-refractivity contribution in [1.29, 1.82) is 0 Å². The molecule has 1 aromatic carbocycles. The molecule has 1 unspecified atom stereocenters. The SMILES string of the molecule is Cc1cc(-c2snnc2C2CCCN(Cc3ccc(F)cc3)C2)on1.O=C(O)CC(O)(CC(=O)O)C(=O)O. The molecule has 204 valence electrons. The second-order valence-electron chi connectivity index (χ2n) is 9.00. The highest BCUT2D eigenvalue weighted by molar-refractivity contribution is 7.09. The quantitative estimate of drug-likeness (QED) is 0.305. The molecule has 38 heavy (non-hydrogen) atoms. The van der Waals surface area contributed by atoms with Crippen LogP contribution in [0, 0.1) is 12.7 Å². The van der Waals surface area contributed by atoms with Crippen LogP contribution < -0.4 is 0 Å². The maximum atomic E-state index is 13.1. The molecule has 14 heteroatoms. The number of halogens is 1. The molecule has 12 nitrogen and oxygen atoms in total. The van der Waals surface area contributed by atoms with Crippen LogP contribution in [0.15, 0.2) is 34.9 Å². The summed E-state index contributed by atoms with van der Waals surface area (Å²) in [7, 11) is 0. The standard InChI is InChI=1S/C18H19FN4OS.C6H8O7/c1-12-9-16(24-21-12)18-17(20-22-25-18)14-3-2-8-23(11-14)10-13-4-6-15(19)7-5-13;7-3(8)1-6(13,5(11)12)2-4(9)10/h4-7,9,14H,2-3,8,10-11H2,1H3;13H,1-2H2,(H,7,8)(H,9,10)(H,11,12). The van der Waals surface area contributed by atoms with Crippen molar-refractivity contribution in [2.24, 2.45) is 0 Å². The molecule has 0 saturated carbocycles. The fraction of sp³-hybridized carbons (Fsp3) is 0.417. The third-order valence-corrected chi connectivity index (χ3v) is 6.62. The van der Waals surface area contributed by atoms with E-state index in [0.717, 1.165) is 60.1 Å². The number of piperidine rings is 1. The summed E-state index contributed by atoms with van der Waals surface area (Å²) in [5.74, 6) is -4.14. The topological polar surface area (TPSA) is 187 Å². The Labute approximate surface area is 220 Å². The Kier molecular flexibility index (Phi) is 9.61. The molecule has 0 spiro atoms. The Balaban J connectivity index is 0.000000263. The van der Waals surface area contributed by atoms with E-state index in [2.05, 4.69) is 19.6 Å². The van der Waals surface area contributed by atoms with E-state index in [1.165, 1.54) is 23.7 Å². The molecule has 4 rings (SSSR count). The molecule has 2 aromatic heterocycles. The van der Waals surface area contributed by atoms with Crippen LogP contribution >= 0.6 is 11.5 Å². The van der Waals surface area contributed by atoms with Gasteiger partial charge >= 0.3 is 17.9 Å². The fourth-order valence-electron chi connectivity index (χ4n) is 4.09. The van der Waals surface area contributed by atoms with E-state index in [0.29, 0.717) is 5.92 Å². The van der Waals surface area contributed by atoms with Crippen molar-refractivity contribution in [3.8, 4) is 10.6 Å². The molecule has 1 aliphatic rings. The van der Waals surface area contributed by atoms with E-state index < -0.39 is 36.4 Å². The second-order valence-corrected chi connectivity index (χ2v) is 9.75. The average molecular weight is 551 g/mol. The number of rotatable bonds is 9. The Bertz CT molecular complexity index is 1250. The summed E-state index contributed by atoms with van der Waals surface area (Å²) in [5, 5.41) is 42.2. The van der Waals surface area contributed by atoms with Crippen molar-refractivity contribution in [2.45, 2.75) is 50.7 Å². The predicted molar refractivity (Wildman–Crippen MR) is 131 cm³/mol. The van der Waals surface area contributed by atoms with Crippen molar-refractivity contribution in [2.75, 3.05) is 13.1 Å². The summed E-state index contributed by atoms with van der Waals surface area (Å²) in [6.07, 6.45) is -0.0903. The van der Waals surface area contributed by atoms with Crippen molar-refractivity contribution in [3.63, 3.8) is 0 Å². The van der Waals surface area contributed by atoms with Gasteiger partial charge in [0.2, 0.25) is 0 Å². The van der Waals surface area contributed by atoms with Gasteiger partial charge in [-0.2, -0.15) is 0 Å². The smallest absolute Gasteiger partial charge is 0.336 e. The monoisotopic (exact) mass is 550 g/mol. The first-order valence-electron chi connectivity index (χ1n) is 11.6. The second kappa shape index (κ2) is 12.7. The maximum absolute atomic E-state index is 13.1. The van der Waals surface area contributed by atoms with Crippen LogP contribution in [0.5, 0.6) is 0 Å². The highest BCUT2D eigenvalue weighted by atomic mass is 32.1. The fourth-order valence-corrected chi connectivity index (χ4v) is 4.79. The molecule has 0 aliphatic carbocycles. The zero-order chi connectivity index (χ0) is 27.9. The number of likely N-dealkylation sites (tertiary alicyclic amines) is 1. The lowest BCUT2D eigenvalue weighted by Crippen LogP contribution is -2.42. The third kappa shape index (κ3) is 7.87. The number of aliphatic hydroxyl groups is 1. The third-order valence-electron chi connectivity index (χ3n) is 5.86. The van der Waals surface area contributed by atoms with Crippen molar-refractivity contribution >= 4 is 29.4 Å². The van der Waals surface area contributed by atoms with Gasteiger partial charge in [-0.1, -0.05) is 21.8 Å². The Morgan fingerprint density at radius 3 is 2.37 bits per heavy atom. The van der Waals surface area contributed by atoms with Gasteiger partial charge in [0.15, 0.2) is 11.4 Å². The van der Waals surface area contributed by atoms with E-state index in [1.54, 1.807) is 0 Å². The summed E-state index contributed by atoms with van der Waals surface area (Å²) in [6.45, 7) is 4.70. The predicted octanol–water partition coefficient (Wildman–Crippen LogP) is 2.77. The van der Waals surface area contributed by atoms with Crippen molar-refractivity contribution in [1.82, 2.24) is 19.6 Å². The number of aliphatic carboxylic acids is 3. The van der Waals surface area contributed by atoms with Gasteiger partial charge in [-0.05, 0) is 55.5 Å². The summed E-state index contributed by atoms with van der Waals surface area (Å²) in [4.78, 5) is 33.9. The number of hydrogen-bond acceptors (Lipinski definition) is 10. The van der Waals surface area contributed by atoms with Gasteiger partial charge in [0.25, 0.3) is 0 Å². The van der Waals surface area contributed by atoms with Crippen LogP contribution in [0.1, 0.15) is 48.6 Å². The van der Waals surface area contributed by atoms with Crippen LogP contribution in [0.25, 0.3) is 10.6 Å². The number of carbonyl (C=O) groups is 3. The van der Waals surface area contributed by atoms with Gasteiger partial charge in [-0.3, -0.25) is 14.5 Å². The number of benzene rings is 1. The van der Waals surface area contributed by atoms with E-state index in [4.69, 9.17) is 24.9 Å². The molecule has 1 fully saturated rings. The minimum absolute atomic E-state index is 0.194. The first-order chi connectivity index (χ1) is 18.0. The minimum atomic E-state index is -2.74. The van der Waals surface area contributed by atoms with Gasteiger partial charge in [-0.25, -0.2) is 9.18 Å². The number of carboxylic acids is 3. The van der Waals surface area contributed by atoms with Crippen LogP contribution in [0.2, 0.25) is 0 Å². The Morgan fingerprint density at radius 2 is 1.82 bits per heavy atom. The molecule has 3 aromatic rings. The molecule has 3 heterocycles. The van der Waals surface area contributed by atoms with E-state index >= 15 is 0 Å². The average Bonchev–Trinajstić information content (AvgIpc) is 3.49. The van der Waals surface area contributed by atoms with Gasteiger partial charge in [0.1, 0.15) is 10.7 Å². The van der Waals surface area contributed by atoms with Gasteiger partial charge < -0.3 is 24.9 Å². The molecule has 0 bridgehead atoms. The Hall–Kier alpha value is -3.75. The first kappa shape index (κ1) is 28.8. The number of aromatic nitrogens is 3. The van der Waals surface area contributed by atoms with Crippen LogP contribution in [0.4, 0.5) is 4.39 Å². The molecule has 1 aliphatic heterocycles. The maximum Gasteiger partial charge on any atom is 0.336 e. The number of hydrogen-bond donors (Lipinski definition) is 4. The molecule has 1 atom stereocenters.